The molecule has 0 spiro atoms. The number of aromatic nitrogens is 1. The molecule has 4 heteroatoms. The van der Waals surface area contributed by atoms with E-state index in [0.29, 0.717) is 6.42 Å². The van der Waals surface area contributed by atoms with Crippen LogP contribution in [0.1, 0.15) is 28.5 Å². The minimum atomic E-state index is -0.223. The van der Waals surface area contributed by atoms with Crippen molar-refractivity contribution in [2.75, 3.05) is 19.0 Å². The van der Waals surface area contributed by atoms with Crippen molar-refractivity contribution in [3.8, 4) is 6.07 Å². The van der Waals surface area contributed by atoms with E-state index in [1.54, 1.807) is 0 Å². The van der Waals surface area contributed by atoms with Gasteiger partial charge in [0, 0.05) is 25.3 Å². The highest BCUT2D eigenvalue weighted by molar-refractivity contribution is 5.48. The van der Waals surface area contributed by atoms with E-state index in [2.05, 4.69) is 34.3 Å². The molecule has 1 aromatic carbocycles. The summed E-state index contributed by atoms with van der Waals surface area (Å²) in [6.45, 7) is 3.74. The third-order valence-corrected chi connectivity index (χ3v) is 3.46. The Balaban J connectivity index is 2.28. The van der Waals surface area contributed by atoms with Crippen molar-refractivity contribution in [2.24, 2.45) is 0 Å². The zero-order valence-corrected chi connectivity index (χ0v) is 12.3. The summed E-state index contributed by atoms with van der Waals surface area (Å²) in [5, 5.41) is 13.4. The van der Waals surface area contributed by atoms with Gasteiger partial charge in [-0.2, -0.15) is 5.26 Å². The van der Waals surface area contributed by atoms with Crippen LogP contribution in [0.5, 0.6) is 0 Å². The lowest BCUT2D eigenvalue weighted by Crippen LogP contribution is -2.09. The Hall–Kier alpha value is -2.28. The molecule has 0 saturated heterocycles. The van der Waals surface area contributed by atoms with Crippen LogP contribution in [0.25, 0.3) is 0 Å². The molecule has 1 aromatic heterocycles. The van der Waals surface area contributed by atoms with Crippen molar-refractivity contribution >= 4 is 5.69 Å². The number of hydrogen-bond donors (Lipinski definition) is 0. The minimum Gasteiger partial charge on any atom is -0.378 e. The summed E-state index contributed by atoms with van der Waals surface area (Å²) in [5.41, 5.74) is 4.00. The van der Waals surface area contributed by atoms with Crippen molar-refractivity contribution in [3.63, 3.8) is 0 Å². The topological polar surface area (TPSA) is 53.1 Å². The normalized spacial score (nSPS) is 11.9. The van der Waals surface area contributed by atoms with Crippen LogP contribution in [0.3, 0.4) is 0 Å². The van der Waals surface area contributed by atoms with E-state index < -0.39 is 0 Å². The maximum Gasteiger partial charge on any atom is 0.138 e. The Morgan fingerprint density at radius 2 is 2.10 bits per heavy atom. The molecule has 0 aliphatic heterocycles. The van der Waals surface area contributed by atoms with Gasteiger partial charge in [-0.1, -0.05) is 17.3 Å². The Morgan fingerprint density at radius 3 is 2.65 bits per heavy atom. The molecule has 1 atom stereocenters. The Morgan fingerprint density at radius 1 is 1.35 bits per heavy atom. The van der Waals surface area contributed by atoms with E-state index in [1.807, 2.05) is 34.0 Å². The smallest absolute Gasteiger partial charge is 0.138 e. The zero-order chi connectivity index (χ0) is 14.7. The first-order valence-electron chi connectivity index (χ1n) is 6.61. The number of nitriles is 1. The van der Waals surface area contributed by atoms with Gasteiger partial charge in [-0.3, -0.25) is 0 Å². The van der Waals surface area contributed by atoms with Crippen molar-refractivity contribution in [2.45, 2.75) is 26.2 Å². The summed E-state index contributed by atoms with van der Waals surface area (Å²) in [6.07, 6.45) is 0.668. The molecule has 0 bridgehead atoms. The predicted octanol–water partition coefficient (Wildman–Crippen LogP) is 3.21. The molecule has 2 aromatic rings. The highest BCUT2D eigenvalue weighted by Gasteiger charge is 2.20. The van der Waals surface area contributed by atoms with Crippen LogP contribution >= 0.6 is 0 Å². The van der Waals surface area contributed by atoms with Crippen LogP contribution in [-0.4, -0.2) is 19.3 Å². The van der Waals surface area contributed by atoms with E-state index in [-0.39, 0.29) is 5.92 Å². The van der Waals surface area contributed by atoms with Gasteiger partial charge in [0.2, 0.25) is 0 Å². The van der Waals surface area contributed by atoms with Gasteiger partial charge >= 0.3 is 0 Å². The highest BCUT2D eigenvalue weighted by atomic mass is 16.5. The summed E-state index contributed by atoms with van der Waals surface area (Å²) in [6, 6.07) is 10.6. The van der Waals surface area contributed by atoms with Gasteiger partial charge < -0.3 is 9.42 Å². The average Bonchev–Trinajstić information content (AvgIpc) is 2.76. The molecule has 0 aliphatic rings. The third-order valence-electron chi connectivity index (χ3n) is 3.46. The first kappa shape index (κ1) is 14.1. The first-order valence-corrected chi connectivity index (χ1v) is 6.61. The maximum absolute atomic E-state index is 9.46. The summed E-state index contributed by atoms with van der Waals surface area (Å²) in [5.74, 6) is 0.511. The van der Waals surface area contributed by atoms with Crippen molar-refractivity contribution in [1.82, 2.24) is 5.16 Å². The lowest BCUT2D eigenvalue weighted by Gasteiger charge is -2.15. The summed E-state index contributed by atoms with van der Waals surface area (Å²) in [7, 11) is 4.02. The highest BCUT2D eigenvalue weighted by Crippen LogP contribution is 2.27. The number of rotatable bonds is 4. The molecule has 1 unspecified atom stereocenters. The lowest BCUT2D eigenvalue weighted by molar-refractivity contribution is 0.392. The van der Waals surface area contributed by atoms with Crippen LogP contribution in [0, 0.1) is 25.2 Å². The largest absolute Gasteiger partial charge is 0.378 e. The van der Waals surface area contributed by atoms with Crippen molar-refractivity contribution < 1.29 is 4.52 Å². The second-order valence-electron chi connectivity index (χ2n) is 5.19. The van der Waals surface area contributed by atoms with Gasteiger partial charge in [0.05, 0.1) is 17.7 Å². The van der Waals surface area contributed by atoms with Crippen LogP contribution in [0.15, 0.2) is 28.8 Å². The zero-order valence-electron chi connectivity index (χ0n) is 12.3. The van der Waals surface area contributed by atoms with Gasteiger partial charge in [0.1, 0.15) is 5.76 Å². The number of hydrogen-bond acceptors (Lipinski definition) is 4. The van der Waals surface area contributed by atoms with E-state index in [4.69, 9.17) is 4.52 Å². The second kappa shape index (κ2) is 5.79. The molecule has 0 aliphatic carbocycles. The molecule has 104 valence electrons. The molecule has 0 saturated carbocycles. The standard InChI is InChI=1S/C16H19N3O/c1-11-16(12(2)20-18-11)14(10-17)8-13-6-5-7-15(9-13)19(3)4/h5-7,9,14H,8H2,1-4H3. The van der Waals surface area contributed by atoms with Crippen molar-refractivity contribution in [3.05, 3.63) is 46.8 Å². The van der Waals surface area contributed by atoms with Gasteiger partial charge in [0.25, 0.3) is 0 Å². The molecule has 4 nitrogen and oxygen atoms in total. The fourth-order valence-electron chi connectivity index (χ4n) is 2.40. The van der Waals surface area contributed by atoms with E-state index in [9.17, 15) is 5.26 Å². The monoisotopic (exact) mass is 269 g/mol. The number of benzene rings is 1. The van der Waals surface area contributed by atoms with Crippen LogP contribution in [0.4, 0.5) is 5.69 Å². The average molecular weight is 269 g/mol. The summed E-state index contributed by atoms with van der Waals surface area (Å²) >= 11 is 0. The Labute approximate surface area is 119 Å². The third kappa shape index (κ3) is 2.83. The van der Waals surface area contributed by atoms with Crippen LogP contribution < -0.4 is 4.90 Å². The Bertz CT molecular complexity index is 618. The fraction of sp³-hybridized carbons (Fsp3) is 0.375. The van der Waals surface area contributed by atoms with E-state index >= 15 is 0 Å². The molecular formula is C16H19N3O. The summed E-state index contributed by atoms with van der Waals surface area (Å²) < 4.78 is 5.17. The van der Waals surface area contributed by atoms with Gasteiger partial charge in [-0.25, -0.2) is 0 Å². The van der Waals surface area contributed by atoms with E-state index in [0.717, 1.165) is 28.3 Å². The molecule has 0 radical (unpaired) electrons. The van der Waals surface area contributed by atoms with E-state index in [1.165, 1.54) is 0 Å². The molecule has 0 fully saturated rings. The second-order valence-corrected chi connectivity index (χ2v) is 5.19. The SMILES string of the molecule is Cc1noc(C)c1C(C#N)Cc1cccc(N(C)C)c1. The van der Waals surface area contributed by atoms with Gasteiger partial charge in [-0.15, -0.1) is 0 Å². The molecule has 20 heavy (non-hydrogen) atoms. The van der Waals surface area contributed by atoms with Crippen LogP contribution in [-0.2, 0) is 6.42 Å². The summed E-state index contributed by atoms with van der Waals surface area (Å²) in [4.78, 5) is 2.06. The first-order chi connectivity index (χ1) is 9.52. The number of nitrogens with zero attached hydrogens (tertiary/aromatic N) is 3. The minimum absolute atomic E-state index is 0.223. The fourth-order valence-corrected chi connectivity index (χ4v) is 2.40. The van der Waals surface area contributed by atoms with Crippen molar-refractivity contribution in [1.29, 1.82) is 5.26 Å². The molecule has 0 N–H and O–H groups in total. The number of aryl methyl sites for hydroxylation is 2. The molecule has 1 heterocycles. The van der Waals surface area contributed by atoms with Gasteiger partial charge in [0.15, 0.2) is 0 Å². The maximum atomic E-state index is 9.46. The molecule has 0 amide bonds. The lowest BCUT2D eigenvalue weighted by atomic mass is 9.92. The quantitative estimate of drug-likeness (QED) is 0.855. The van der Waals surface area contributed by atoms with Gasteiger partial charge in [-0.05, 0) is 38.0 Å². The number of anilines is 1. The molecule has 2 rings (SSSR count). The molecular weight excluding hydrogens is 250 g/mol. The predicted molar refractivity (Wildman–Crippen MR) is 78.8 cm³/mol. The van der Waals surface area contributed by atoms with Crippen LogP contribution in [0.2, 0.25) is 0 Å². The Kier molecular flexibility index (Phi) is 4.09.